The first-order chi connectivity index (χ1) is 9.76. The van der Waals surface area contributed by atoms with Gasteiger partial charge in [-0.2, -0.15) is 0 Å². The third-order valence-electron chi connectivity index (χ3n) is 3.02. The normalized spacial score (nSPS) is 12.3. The van der Waals surface area contributed by atoms with Crippen LogP contribution in [0.1, 0.15) is 37.4 Å². The largest absolute Gasteiger partial charge is 0.493 e. The van der Waals surface area contributed by atoms with Crippen molar-refractivity contribution in [3.8, 4) is 5.75 Å². The molecule has 1 heterocycles. The van der Waals surface area contributed by atoms with Gasteiger partial charge in [-0.3, -0.25) is 0 Å². The quantitative estimate of drug-likeness (QED) is 0.671. The van der Waals surface area contributed by atoms with Gasteiger partial charge in [0.25, 0.3) is 0 Å². The highest BCUT2D eigenvalue weighted by atomic mass is 127. The fourth-order valence-corrected chi connectivity index (χ4v) is 3.55. The molecule has 108 valence electrons. The molecular formula is C16H20INOS. The van der Waals surface area contributed by atoms with E-state index in [1.807, 2.05) is 6.07 Å². The third kappa shape index (κ3) is 3.96. The van der Waals surface area contributed by atoms with Crippen LogP contribution in [0.3, 0.4) is 0 Å². The zero-order chi connectivity index (χ0) is 14.4. The second kappa shape index (κ2) is 8.00. The maximum absolute atomic E-state index is 5.90. The van der Waals surface area contributed by atoms with Gasteiger partial charge in [-0.15, -0.1) is 11.3 Å². The van der Waals surface area contributed by atoms with E-state index in [2.05, 4.69) is 71.4 Å². The van der Waals surface area contributed by atoms with Gasteiger partial charge in [0.1, 0.15) is 5.75 Å². The summed E-state index contributed by atoms with van der Waals surface area (Å²) in [5.41, 5.74) is 2.53. The van der Waals surface area contributed by atoms with E-state index in [0.29, 0.717) is 0 Å². The van der Waals surface area contributed by atoms with Crippen molar-refractivity contribution in [1.29, 1.82) is 0 Å². The SMILES string of the molecule is CCCOc1ccccc1C(NCC)c1csc(I)c1. The average molecular weight is 401 g/mol. The van der Waals surface area contributed by atoms with Crippen LogP contribution < -0.4 is 10.1 Å². The molecule has 0 bridgehead atoms. The zero-order valence-electron chi connectivity index (χ0n) is 11.9. The molecular weight excluding hydrogens is 381 g/mol. The molecule has 0 aliphatic heterocycles. The molecule has 0 fully saturated rings. The molecule has 20 heavy (non-hydrogen) atoms. The predicted octanol–water partition coefficient (Wildman–Crippen LogP) is 4.84. The van der Waals surface area contributed by atoms with Gasteiger partial charge in [0.15, 0.2) is 0 Å². The Labute approximate surface area is 138 Å². The van der Waals surface area contributed by atoms with Gasteiger partial charge in [0.2, 0.25) is 0 Å². The molecule has 1 aromatic heterocycles. The van der Waals surface area contributed by atoms with Crippen molar-refractivity contribution in [2.45, 2.75) is 26.3 Å². The number of benzene rings is 1. The van der Waals surface area contributed by atoms with Crippen molar-refractivity contribution in [2.75, 3.05) is 13.2 Å². The molecule has 2 rings (SSSR count). The second-order valence-electron chi connectivity index (χ2n) is 4.56. The lowest BCUT2D eigenvalue weighted by molar-refractivity contribution is 0.312. The molecule has 0 spiro atoms. The number of rotatable bonds is 7. The van der Waals surface area contributed by atoms with Gasteiger partial charge in [-0.25, -0.2) is 0 Å². The Bertz CT molecular complexity index is 541. The van der Waals surface area contributed by atoms with Gasteiger partial charge >= 0.3 is 0 Å². The van der Waals surface area contributed by atoms with Crippen molar-refractivity contribution >= 4 is 33.9 Å². The minimum atomic E-state index is 0.202. The van der Waals surface area contributed by atoms with Gasteiger partial charge < -0.3 is 10.1 Å². The standard InChI is InChI=1S/C16H20INOS/c1-3-9-19-14-8-6-5-7-13(14)16(18-4-2)12-10-15(17)20-11-12/h5-8,10-11,16,18H,3-4,9H2,1-2H3. The smallest absolute Gasteiger partial charge is 0.124 e. The molecule has 0 aliphatic carbocycles. The Morgan fingerprint density at radius 2 is 2.10 bits per heavy atom. The highest BCUT2D eigenvalue weighted by molar-refractivity contribution is 14.1. The van der Waals surface area contributed by atoms with Crippen molar-refractivity contribution in [2.24, 2.45) is 0 Å². The number of ether oxygens (including phenoxy) is 1. The molecule has 1 N–H and O–H groups in total. The van der Waals surface area contributed by atoms with Crippen LogP contribution in [0.25, 0.3) is 0 Å². The number of hydrogen-bond acceptors (Lipinski definition) is 3. The first-order valence-electron chi connectivity index (χ1n) is 6.95. The maximum Gasteiger partial charge on any atom is 0.124 e. The molecule has 0 amide bonds. The van der Waals surface area contributed by atoms with Crippen LogP contribution in [-0.2, 0) is 0 Å². The second-order valence-corrected chi connectivity index (χ2v) is 7.37. The zero-order valence-corrected chi connectivity index (χ0v) is 14.8. The minimum Gasteiger partial charge on any atom is -0.493 e. The first kappa shape index (κ1) is 15.8. The Morgan fingerprint density at radius 3 is 2.75 bits per heavy atom. The Balaban J connectivity index is 2.33. The van der Waals surface area contributed by atoms with Crippen molar-refractivity contribution < 1.29 is 4.74 Å². The highest BCUT2D eigenvalue weighted by Gasteiger charge is 2.18. The summed E-state index contributed by atoms with van der Waals surface area (Å²) in [5, 5.41) is 5.80. The predicted molar refractivity (Wildman–Crippen MR) is 94.8 cm³/mol. The first-order valence-corrected chi connectivity index (χ1v) is 8.91. The van der Waals surface area contributed by atoms with Crippen LogP contribution in [0.2, 0.25) is 0 Å². The van der Waals surface area contributed by atoms with Gasteiger partial charge in [-0.05, 0) is 58.6 Å². The molecule has 2 nitrogen and oxygen atoms in total. The third-order valence-corrected chi connectivity index (χ3v) is 4.83. The summed E-state index contributed by atoms with van der Waals surface area (Å²) in [6.45, 7) is 5.96. The summed E-state index contributed by atoms with van der Waals surface area (Å²) in [4.78, 5) is 0. The topological polar surface area (TPSA) is 21.3 Å². The molecule has 0 radical (unpaired) electrons. The lowest BCUT2D eigenvalue weighted by Gasteiger charge is -2.20. The molecule has 1 aromatic carbocycles. The minimum absolute atomic E-state index is 0.202. The van der Waals surface area contributed by atoms with Crippen LogP contribution in [0.15, 0.2) is 35.7 Å². The van der Waals surface area contributed by atoms with Gasteiger partial charge in [-0.1, -0.05) is 32.0 Å². The summed E-state index contributed by atoms with van der Waals surface area (Å²) in [6, 6.07) is 10.8. The fraction of sp³-hybridized carbons (Fsp3) is 0.375. The number of para-hydroxylation sites is 1. The van der Waals surface area contributed by atoms with E-state index in [1.165, 1.54) is 14.0 Å². The Morgan fingerprint density at radius 1 is 1.30 bits per heavy atom. The average Bonchev–Trinajstić information content (AvgIpc) is 2.89. The molecule has 1 unspecified atom stereocenters. The lowest BCUT2D eigenvalue weighted by atomic mass is 10.0. The number of hydrogen-bond donors (Lipinski definition) is 1. The summed E-state index contributed by atoms with van der Waals surface area (Å²) in [6.07, 6.45) is 1.02. The van der Waals surface area contributed by atoms with E-state index in [9.17, 15) is 0 Å². The van der Waals surface area contributed by atoms with E-state index in [4.69, 9.17) is 4.74 Å². The highest BCUT2D eigenvalue weighted by Crippen LogP contribution is 2.32. The van der Waals surface area contributed by atoms with Crippen LogP contribution in [0.4, 0.5) is 0 Å². The van der Waals surface area contributed by atoms with Gasteiger partial charge in [0, 0.05) is 5.56 Å². The van der Waals surface area contributed by atoms with E-state index < -0.39 is 0 Å². The van der Waals surface area contributed by atoms with E-state index >= 15 is 0 Å². The van der Waals surface area contributed by atoms with E-state index in [0.717, 1.165) is 25.3 Å². The summed E-state index contributed by atoms with van der Waals surface area (Å²) in [7, 11) is 0. The Hall–Kier alpha value is -0.590. The summed E-state index contributed by atoms with van der Waals surface area (Å²) < 4.78 is 7.22. The van der Waals surface area contributed by atoms with Crippen LogP contribution in [0.5, 0.6) is 5.75 Å². The molecule has 2 aromatic rings. The van der Waals surface area contributed by atoms with Crippen molar-refractivity contribution in [1.82, 2.24) is 5.32 Å². The number of halogens is 1. The van der Waals surface area contributed by atoms with Crippen LogP contribution in [-0.4, -0.2) is 13.2 Å². The monoisotopic (exact) mass is 401 g/mol. The molecule has 0 saturated heterocycles. The van der Waals surface area contributed by atoms with Gasteiger partial charge in [0.05, 0.1) is 15.5 Å². The van der Waals surface area contributed by atoms with Crippen molar-refractivity contribution in [3.05, 3.63) is 49.7 Å². The van der Waals surface area contributed by atoms with E-state index in [1.54, 1.807) is 11.3 Å². The summed E-state index contributed by atoms with van der Waals surface area (Å²) >= 11 is 4.16. The fourth-order valence-electron chi connectivity index (χ4n) is 2.15. The molecule has 4 heteroatoms. The van der Waals surface area contributed by atoms with Crippen LogP contribution >= 0.6 is 33.9 Å². The molecule has 0 aliphatic rings. The Kier molecular flexibility index (Phi) is 6.32. The lowest BCUT2D eigenvalue weighted by Crippen LogP contribution is -2.22. The maximum atomic E-state index is 5.90. The number of nitrogens with one attached hydrogen (secondary N) is 1. The van der Waals surface area contributed by atoms with Crippen LogP contribution in [0, 0.1) is 2.88 Å². The van der Waals surface area contributed by atoms with Crippen molar-refractivity contribution in [3.63, 3.8) is 0 Å². The molecule has 1 atom stereocenters. The molecule has 0 saturated carbocycles. The van der Waals surface area contributed by atoms with E-state index in [-0.39, 0.29) is 6.04 Å². The number of thiophene rings is 1. The summed E-state index contributed by atoms with van der Waals surface area (Å²) in [5.74, 6) is 0.988.